The zero-order valence-corrected chi connectivity index (χ0v) is 13.2. The van der Waals surface area contributed by atoms with E-state index >= 15 is 0 Å². The van der Waals surface area contributed by atoms with Crippen molar-refractivity contribution in [2.24, 2.45) is 5.84 Å². The highest BCUT2D eigenvalue weighted by atomic mass is 19.1. The van der Waals surface area contributed by atoms with Crippen molar-refractivity contribution in [1.82, 2.24) is 5.43 Å². The summed E-state index contributed by atoms with van der Waals surface area (Å²) in [5.41, 5.74) is 3.28. The summed E-state index contributed by atoms with van der Waals surface area (Å²) < 4.78 is 14.3. The number of hydrogen-bond donors (Lipinski definition) is 4. The van der Waals surface area contributed by atoms with E-state index in [0.717, 1.165) is 12.8 Å². The van der Waals surface area contributed by atoms with Crippen molar-refractivity contribution in [2.75, 3.05) is 10.6 Å². The van der Waals surface area contributed by atoms with Crippen LogP contribution < -0.4 is 21.9 Å². The van der Waals surface area contributed by atoms with Crippen LogP contribution in [0.15, 0.2) is 12.1 Å². The second kappa shape index (κ2) is 7.45. The molecule has 1 aromatic rings. The normalized spacial score (nSPS) is 15.7. The number of hydrogen-bond acceptors (Lipinski definition) is 4. The molecule has 2 rings (SSSR count). The van der Waals surface area contributed by atoms with Crippen LogP contribution in [0.4, 0.5) is 15.8 Å². The summed E-state index contributed by atoms with van der Waals surface area (Å²) in [7, 11) is 0. The maximum atomic E-state index is 14.3. The number of rotatable bonds is 5. The molecule has 0 heterocycles. The van der Waals surface area contributed by atoms with Gasteiger partial charge in [-0.1, -0.05) is 19.3 Å². The Morgan fingerprint density at radius 1 is 1.23 bits per heavy atom. The van der Waals surface area contributed by atoms with Gasteiger partial charge in [0.2, 0.25) is 0 Å². The summed E-state index contributed by atoms with van der Waals surface area (Å²) in [4.78, 5) is 11.8. The number of carbonyl (C=O) groups is 1. The Hall–Kier alpha value is -1.82. The highest BCUT2D eigenvalue weighted by molar-refractivity contribution is 6.00. The topological polar surface area (TPSA) is 79.2 Å². The minimum absolute atomic E-state index is 0.123. The average Bonchev–Trinajstić information content (AvgIpc) is 2.50. The molecule has 1 aromatic carbocycles. The number of nitrogen functional groups attached to an aromatic ring is 1. The van der Waals surface area contributed by atoms with Gasteiger partial charge in [-0.3, -0.25) is 10.2 Å². The van der Waals surface area contributed by atoms with Crippen molar-refractivity contribution in [3.05, 3.63) is 23.5 Å². The van der Waals surface area contributed by atoms with Gasteiger partial charge in [-0.15, -0.1) is 0 Å². The molecule has 5 N–H and O–H groups in total. The number of nitrogens with two attached hydrogens (primary N) is 1. The number of benzene rings is 1. The molecule has 0 radical (unpaired) electrons. The molecule has 0 aromatic heterocycles. The molecule has 0 atom stereocenters. The van der Waals surface area contributed by atoms with Gasteiger partial charge in [-0.25, -0.2) is 10.2 Å². The third-order valence-electron chi connectivity index (χ3n) is 3.89. The zero-order valence-electron chi connectivity index (χ0n) is 13.2. The van der Waals surface area contributed by atoms with Crippen LogP contribution in [0.5, 0.6) is 0 Å². The molecule has 0 aliphatic heterocycles. The first kappa shape index (κ1) is 16.5. The first-order valence-corrected chi connectivity index (χ1v) is 7.89. The minimum Gasteiger partial charge on any atom is -0.382 e. The monoisotopic (exact) mass is 308 g/mol. The molecule has 0 spiro atoms. The molecule has 1 aliphatic rings. The average molecular weight is 308 g/mol. The van der Waals surface area contributed by atoms with E-state index in [0.29, 0.717) is 17.4 Å². The first-order valence-electron chi connectivity index (χ1n) is 7.89. The summed E-state index contributed by atoms with van der Waals surface area (Å²) in [5, 5.41) is 6.44. The molecule has 122 valence electrons. The van der Waals surface area contributed by atoms with Gasteiger partial charge in [-0.05, 0) is 38.8 Å². The first-order chi connectivity index (χ1) is 10.5. The van der Waals surface area contributed by atoms with Crippen molar-refractivity contribution < 1.29 is 9.18 Å². The Kier molecular flexibility index (Phi) is 5.60. The van der Waals surface area contributed by atoms with E-state index in [4.69, 9.17) is 5.84 Å². The maximum absolute atomic E-state index is 14.3. The maximum Gasteiger partial charge on any atom is 0.267 e. The minimum atomic E-state index is -0.508. The van der Waals surface area contributed by atoms with Gasteiger partial charge in [0.15, 0.2) is 0 Å². The molecular weight excluding hydrogens is 283 g/mol. The molecule has 1 fully saturated rings. The van der Waals surface area contributed by atoms with E-state index in [1.165, 1.54) is 25.3 Å². The molecule has 22 heavy (non-hydrogen) atoms. The standard InChI is InChI=1S/C16H25FN4O/c1-10(2)19-14-9-15(20-11-6-4-3-5-7-11)13(17)8-12(14)16(22)21-18/h8-11,19-20H,3-7,18H2,1-2H3,(H,21,22). The molecule has 5 nitrogen and oxygen atoms in total. The Morgan fingerprint density at radius 2 is 1.91 bits per heavy atom. The van der Waals surface area contributed by atoms with E-state index in [1.807, 2.05) is 13.8 Å². The van der Waals surface area contributed by atoms with Crippen LogP contribution in [0.2, 0.25) is 0 Å². The molecule has 0 saturated heterocycles. The summed E-state index contributed by atoms with van der Waals surface area (Å²) in [6.45, 7) is 3.92. The van der Waals surface area contributed by atoms with Gasteiger partial charge in [0, 0.05) is 17.8 Å². The van der Waals surface area contributed by atoms with Crippen molar-refractivity contribution >= 4 is 17.3 Å². The van der Waals surface area contributed by atoms with Crippen LogP contribution in [-0.4, -0.2) is 18.0 Å². The van der Waals surface area contributed by atoms with Gasteiger partial charge in [0.1, 0.15) is 5.82 Å². The molecule has 0 unspecified atom stereocenters. The van der Waals surface area contributed by atoms with Crippen molar-refractivity contribution in [2.45, 2.75) is 58.0 Å². The number of halogens is 1. The largest absolute Gasteiger partial charge is 0.382 e. The zero-order chi connectivity index (χ0) is 16.1. The smallest absolute Gasteiger partial charge is 0.267 e. The van der Waals surface area contributed by atoms with Crippen LogP contribution in [-0.2, 0) is 0 Å². The van der Waals surface area contributed by atoms with Gasteiger partial charge in [0.05, 0.1) is 11.3 Å². The number of amides is 1. The Labute approximate surface area is 130 Å². The van der Waals surface area contributed by atoms with E-state index < -0.39 is 11.7 Å². The highest BCUT2D eigenvalue weighted by Crippen LogP contribution is 2.28. The summed E-state index contributed by atoms with van der Waals surface area (Å²) in [6, 6.07) is 3.31. The van der Waals surface area contributed by atoms with Crippen molar-refractivity contribution in [3.63, 3.8) is 0 Å². The van der Waals surface area contributed by atoms with Crippen molar-refractivity contribution in [1.29, 1.82) is 0 Å². The molecule has 1 saturated carbocycles. The summed E-state index contributed by atoms with van der Waals surface area (Å²) in [5.74, 6) is 4.24. The Bertz CT molecular complexity index is 527. The fourth-order valence-electron chi connectivity index (χ4n) is 2.85. The quantitative estimate of drug-likeness (QED) is 0.383. The lowest BCUT2D eigenvalue weighted by atomic mass is 9.95. The van der Waals surface area contributed by atoms with Crippen LogP contribution in [0.25, 0.3) is 0 Å². The lowest BCUT2D eigenvalue weighted by Gasteiger charge is -2.25. The molecule has 1 amide bonds. The van der Waals surface area contributed by atoms with Gasteiger partial charge >= 0.3 is 0 Å². The third kappa shape index (κ3) is 4.10. The van der Waals surface area contributed by atoms with Gasteiger partial charge in [-0.2, -0.15) is 0 Å². The number of carbonyl (C=O) groups excluding carboxylic acids is 1. The summed E-state index contributed by atoms with van der Waals surface area (Å²) in [6.07, 6.45) is 5.69. The van der Waals surface area contributed by atoms with E-state index in [1.54, 1.807) is 6.07 Å². The second-order valence-electron chi connectivity index (χ2n) is 6.13. The van der Waals surface area contributed by atoms with Gasteiger partial charge in [0.25, 0.3) is 5.91 Å². The van der Waals surface area contributed by atoms with Crippen molar-refractivity contribution in [3.8, 4) is 0 Å². The fourth-order valence-corrected chi connectivity index (χ4v) is 2.85. The second-order valence-corrected chi connectivity index (χ2v) is 6.13. The van der Waals surface area contributed by atoms with Crippen LogP contribution in [0.1, 0.15) is 56.3 Å². The predicted molar refractivity (Wildman–Crippen MR) is 87.3 cm³/mol. The Balaban J connectivity index is 2.27. The lowest BCUT2D eigenvalue weighted by Crippen LogP contribution is -2.31. The number of anilines is 2. The SMILES string of the molecule is CC(C)Nc1cc(NC2CCCCC2)c(F)cc1C(=O)NN. The van der Waals surface area contributed by atoms with Gasteiger partial charge < -0.3 is 10.6 Å². The molecular formula is C16H25FN4O. The molecule has 0 bridgehead atoms. The highest BCUT2D eigenvalue weighted by Gasteiger charge is 2.19. The lowest BCUT2D eigenvalue weighted by molar-refractivity contribution is 0.0954. The molecule has 1 aliphatic carbocycles. The predicted octanol–water partition coefficient (Wildman–Crippen LogP) is 2.99. The van der Waals surface area contributed by atoms with Crippen LogP contribution >= 0.6 is 0 Å². The van der Waals surface area contributed by atoms with Crippen LogP contribution in [0, 0.1) is 5.82 Å². The fraction of sp³-hybridized carbons (Fsp3) is 0.562. The number of hydrazine groups is 1. The third-order valence-corrected chi connectivity index (χ3v) is 3.89. The van der Waals surface area contributed by atoms with E-state index in [9.17, 15) is 9.18 Å². The molecule has 6 heteroatoms. The van der Waals surface area contributed by atoms with Crippen LogP contribution in [0.3, 0.4) is 0 Å². The Morgan fingerprint density at radius 3 is 2.50 bits per heavy atom. The number of nitrogens with one attached hydrogen (secondary N) is 3. The van der Waals surface area contributed by atoms with E-state index in [-0.39, 0.29) is 11.6 Å². The van der Waals surface area contributed by atoms with E-state index in [2.05, 4.69) is 16.1 Å². The summed E-state index contributed by atoms with van der Waals surface area (Å²) >= 11 is 0.